The largest absolute Gasteiger partial charge is 0.496 e. The third-order valence-electron chi connectivity index (χ3n) is 3.48. The topological polar surface area (TPSA) is 142 Å². The van der Waals surface area contributed by atoms with E-state index in [2.05, 4.69) is 10.2 Å². The van der Waals surface area contributed by atoms with Gasteiger partial charge in [-0.2, -0.15) is 0 Å². The minimum atomic E-state index is -1.19. The number of aliphatic carboxylic acids is 1. The van der Waals surface area contributed by atoms with Crippen LogP contribution in [0.3, 0.4) is 0 Å². The molecule has 0 amide bonds. The average Bonchev–Trinajstić information content (AvgIpc) is 3.29. The summed E-state index contributed by atoms with van der Waals surface area (Å²) < 4.78 is 16.0. The molecule has 3 aromatic rings. The minimum absolute atomic E-state index is 0.0831. The Labute approximate surface area is 162 Å². The normalized spacial score (nSPS) is 11.4. The Morgan fingerprint density at radius 3 is 2.68 bits per heavy atom. The van der Waals surface area contributed by atoms with Crippen LogP contribution >= 0.6 is 11.8 Å². The molecule has 0 unspecified atom stereocenters. The van der Waals surface area contributed by atoms with Crippen LogP contribution < -0.4 is 4.74 Å². The van der Waals surface area contributed by atoms with E-state index in [4.69, 9.17) is 13.6 Å². The number of hydrogen-bond donors (Lipinski definition) is 1. The van der Waals surface area contributed by atoms with Gasteiger partial charge in [-0.1, -0.05) is 0 Å². The number of nitro groups is 1. The van der Waals surface area contributed by atoms with Gasteiger partial charge in [0, 0.05) is 19.1 Å². The SMILES string of the molecule is COc1cc([N+](=O)[O-])ccc1-c1ccc(/C=C(\Sc2nnc(C)o2)C(=O)O)o1. The van der Waals surface area contributed by atoms with Crippen LogP contribution in [0.25, 0.3) is 17.4 Å². The molecule has 10 nitrogen and oxygen atoms in total. The maximum atomic E-state index is 11.5. The molecule has 0 spiro atoms. The molecule has 3 rings (SSSR count). The number of furan rings is 1. The van der Waals surface area contributed by atoms with Gasteiger partial charge in [-0.3, -0.25) is 10.1 Å². The highest BCUT2D eigenvalue weighted by Crippen LogP contribution is 2.35. The molecule has 1 N–H and O–H groups in total. The second-order valence-corrected chi connectivity index (χ2v) is 6.34. The zero-order valence-corrected chi connectivity index (χ0v) is 15.4. The predicted octanol–water partition coefficient (Wildman–Crippen LogP) is 3.77. The van der Waals surface area contributed by atoms with Crippen molar-refractivity contribution in [1.29, 1.82) is 0 Å². The molecule has 0 radical (unpaired) electrons. The van der Waals surface area contributed by atoms with E-state index in [1.165, 1.54) is 31.4 Å². The fourth-order valence-corrected chi connectivity index (χ4v) is 2.94. The van der Waals surface area contributed by atoms with Gasteiger partial charge in [-0.25, -0.2) is 4.79 Å². The van der Waals surface area contributed by atoms with Crippen LogP contribution in [0.5, 0.6) is 5.75 Å². The van der Waals surface area contributed by atoms with Crippen molar-refractivity contribution >= 4 is 29.5 Å². The first-order chi connectivity index (χ1) is 13.4. The van der Waals surface area contributed by atoms with E-state index < -0.39 is 10.9 Å². The summed E-state index contributed by atoms with van der Waals surface area (Å²) in [6.45, 7) is 1.59. The number of ether oxygens (including phenoxy) is 1. The second-order valence-electron chi connectivity index (χ2n) is 5.35. The Bertz CT molecular complexity index is 1070. The number of carboxylic acid groups (broad SMARTS) is 1. The van der Waals surface area contributed by atoms with E-state index >= 15 is 0 Å². The maximum absolute atomic E-state index is 11.5. The Hall–Kier alpha value is -3.60. The predicted molar refractivity (Wildman–Crippen MR) is 97.9 cm³/mol. The number of carboxylic acids is 1. The molecular weight excluding hydrogens is 390 g/mol. The molecular formula is C17H13N3O7S. The molecule has 0 aliphatic heterocycles. The molecule has 0 saturated heterocycles. The van der Waals surface area contributed by atoms with E-state index in [0.717, 1.165) is 11.8 Å². The van der Waals surface area contributed by atoms with Crippen LogP contribution in [-0.2, 0) is 4.79 Å². The summed E-state index contributed by atoms with van der Waals surface area (Å²) in [7, 11) is 1.39. The quantitative estimate of drug-likeness (QED) is 0.268. The number of hydrogen-bond acceptors (Lipinski definition) is 9. The smallest absolute Gasteiger partial charge is 0.342 e. The van der Waals surface area contributed by atoms with E-state index in [-0.39, 0.29) is 27.3 Å². The number of methoxy groups -OCH3 is 1. The van der Waals surface area contributed by atoms with Gasteiger partial charge in [0.15, 0.2) is 0 Å². The molecule has 28 heavy (non-hydrogen) atoms. The maximum Gasteiger partial charge on any atom is 0.342 e. The number of benzene rings is 1. The van der Waals surface area contributed by atoms with Gasteiger partial charge in [0.1, 0.15) is 22.2 Å². The first-order valence-corrected chi connectivity index (χ1v) is 8.54. The van der Waals surface area contributed by atoms with E-state index in [1.54, 1.807) is 19.1 Å². The molecule has 0 aliphatic carbocycles. The van der Waals surface area contributed by atoms with Crippen LogP contribution in [-0.4, -0.2) is 33.3 Å². The van der Waals surface area contributed by atoms with Crippen molar-refractivity contribution in [1.82, 2.24) is 10.2 Å². The Balaban J connectivity index is 1.91. The van der Waals surface area contributed by atoms with Crippen LogP contribution in [0.2, 0.25) is 0 Å². The number of aryl methyl sites for hydroxylation is 1. The molecule has 0 saturated carbocycles. The molecule has 0 atom stereocenters. The van der Waals surface area contributed by atoms with Crippen LogP contribution in [0.15, 0.2) is 49.3 Å². The molecule has 1 aromatic carbocycles. The summed E-state index contributed by atoms with van der Waals surface area (Å²) in [5.41, 5.74) is 0.372. The summed E-state index contributed by atoms with van der Waals surface area (Å²) in [5, 5.41) is 27.8. The lowest BCUT2D eigenvalue weighted by Crippen LogP contribution is -1.96. The number of nitro benzene ring substituents is 1. The van der Waals surface area contributed by atoms with E-state index in [0.29, 0.717) is 17.2 Å². The molecule has 144 valence electrons. The second kappa shape index (κ2) is 7.96. The monoisotopic (exact) mass is 403 g/mol. The molecule has 11 heteroatoms. The highest BCUT2D eigenvalue weighted by Gasteiger charge is 2.17. The molecule has 2 aromatic heterocycles. The third kappa shape index (κ3) is 4.20. The van der Waals surface area contributed by atoms with Gasteiger partial charge in [0.2, 0.25) is 5.89 Å². The molecule has 0 bridgehead atoms. The standard InChI is InChI=1S/C17H13N3O7S/c1-9-18-19-17(26-9)28-15(16(21)22)8-11-4-6-13(27-11)12-5-3-10(20(23)24)7-14(12)25-2/h3-8H,1-2H3,(H,21,22)/b15-8-. The number of thioether (sulfide) groups is 1. The molecule has 2 heterocycles. The molecule has 0 fully saturated rings. The zero-order chi connectivity index (χ0) is 20.3. The fourth-order valence-electron chi connectivity index (χ4n) is 2.25. The van der Waals surface area contributed by atoms with Gasteiger partial charge in [0.25, 0.3) is 10.9 Å². The Morgan fingerprint density at radius 2 is 2.07 bits per heavy atom. The highest BCUT2D eigenvalue weighted by molar-refractivity contribution is 8.03. The number of aromatic nitrogens is 2. The Morgan fingerprint density at radius 1 is 1.29 bits per heavy atom. The lowest BCUT2D eigenvalue weighted by atomic mass is 10.1. The number of rotatable bonds is 7. The van der Waals surface area contributed by atoms with Gasteiger partial charge in [0.05, 0.1) is 23.7 Å². The van der Waals surface area contributed by atoms with Gasteiger partial charge in [-0.05, 0) is 30.0 Å². The van der Waals surface area contributed by atoms with Crippen LogP contribution in [0.4, 0.5) is 5.69 Å². The van der Waals surface area contributed by atoms with Crippen molar-refractivity contribution in [3.8, 4) is 17.1 Å². The lowest BCUT2D eigenvalue weighted by molar-refractivity contribution is -0.384. The van der Waals surface area contributed by atoms with Crippen molar-refractivity contribution in [2.24, 2.45) is 0 Å². The summed E-state index contributed by atoms with van der Waals surface area (Å²) in [5.74, 6) is 0.00988. The molecule has 0 aliphatic rings. The first kappa shape index (κ1) is 19.2. The number of nitrogens with zero attached hydrogens (tertiary/aromatic N) is 3. The fraction of sp³-hybridized carbons (Fsp3) is 0.118. The van der Waals surface area contributed by atoms with Crippen LogP contribution in [0, 0.1) is 17.0 Å². The van der Waals surface area contributed by atoms with Gasteiger partial charge < -0.3 is 18.7 Å². The van der Waals surface area contributed by atoms with Gasteiger partial charge >= 0.3 is 5.97 Å². The summed E-state index contributed by atoms with van der Waals surface area (Å²) in [4.78, 5) is 21.8. The van der Waals surface area contributed by atoms with Crippen molar-refractivity contribution in [2.45, 2.75) is 12.1 Å². The van der Waals surface area contributed by atoms with E-state index in [1.807, 2.05) is 0 Å². The summed E-state index contributed by atoms with van der Waals surface area (Å²) >= 11 is 0.792. The minimum Gasteiger partial charge on any atom is -0.496 e. The van der Waals surface area contributed by atoms with Crippen molar-refractivity contribution < 1.29 is 28.4 Å². The van der Waals surface area contributed by atoms with E-state index in [9.17, 15) is 20.0 Å². The summed E-state index contributed by atoms with van der Waals surface area (Å²) in [6.07, 6.45) is 1.31. The number of non-ortho nitro benzene ring substituents is 1. The highest BCUT2D eigenvalue weighted by atomic mass is 32.2. The third-order valence-corrected chi connectivity index (χ3v) is 4.33. The van der Waals surface area contributed by atoms with Crippen LogP contribution in [0.1, 0.15) is 11.7 Å². The van der Waals surface area contributed by atoms with Crippen molar-refractivity contribution in [2.75, 3.05) is 7.11 Å². The zero-order valence-electron chi connectivity index (χ0n) is 14.6. The van der Waals surface area contributed by atoms with Crippen molar-refractivity contribution in [3.05, 3.63) is 57.0 Å². The van der Waals surface area contributed by atoms with Crippen molar-refractivity contribution in [3.63, 3.8) is 0 Å². The average molecular weight is 403 g/mol. The summed E-state index contributed by atoms with van der Waals surface area (Å²) in [6, 6.07) is 7.28. The Kier molecular flexibility index (Phi) is 5.45. The number of carbonyl (C=O) groups is 1. The first-order valence-electron chi connectivity index (χ1n) is 7.73. The lowest BCUT2D eigenvalue weighted by Gasteiger charge is -2.05. The van der Waals surface area contributed by atoms with Gasteiger partial charge in [-0.15, -0.1) is 10.2 Å².